The Morgan fingerprint density at radius 1 is 1.50 bits per heavy atom. The third-order valence-electron chi connectivity index (χ3n) is 3.67. The van der Waals surface area contributed by atoms with Crippen LogP contribution in [0.4, 0.5) is 4.39 Å². The molecule has 5 heteroatoms. The van der Waals surface area contributed by atoms with Gasteiger partial charge < -0.3 is 9.84 Å². The largest absolute Gasteiger partial charge is 0.489 e. The summed E-state index contributed by atoms with van der Waals surface area (Å²) in [5.41, 5.74) is -0.103. The van der Waals surface area contributed by atoms with Crippen LogP contribution in [0.25, 0.3) is 0 Å². The molecule has 0 atom stereocenters. The molecule has 1 N–H and O–H groups in total. The van der Waals surface area contributed by atoms with Gasteiger partial charge in [0, 0.05) is 11.0 Å². The van der Waals surface area contributed by atoms with Gasteiger partial charge in [-0.25, -0.2) is 4.39 Å². The Morgan fingerprint density at radius 3 is 2.65 bits per heavy atom. The minimum Gasteiger partial charge on any atom is -0.489 e. The van der Waals surface area contributed by atoms with E-state index in [4.69, 9.17) is 9.84 Å². The standard InChI is InChI=1S/C15H18BrFO3/c1-15(2,8-13(18)19)11-6-9(17)7-12(16)14(11)20-10-4-3-5-10/h6-7,10H,3-5,8H2,1-2H3,(H,18,19). The summed E-state index contributed by atoms with van der Waals surface area (Å²) in [7, 11) is 0. The van der Waals surface area contributed by atoms with Gasteiger partial charge in [-0.15, -0.1) is 0 Å². The van der Waals surface area contributed by atoms with Crippen LogP contribution in [-0.4, -0.2) is 17.2 Å². The number of carbonyl (C=O) groups is 1. The highest BCUT2D eigenvalue weighted by atomic mass is 79.9. The molecule has 110 valence electrons. The van der Waals surface area contributed by atoms with E-state index >= 15 is 0 Å². The minimum atomic E-state index is -0.912. The summed E-state index contributed by atoms with van der Waals surface area (Å²) < 4.78 is 20.1. The van der Waals surface area contributed by atoms with Gasteiger partial charge in [0.1, 0.15) is 11.6 Å². The van der Waals surface area contributed by atoms with Gasteiger partial charge >= 0.3 is 5.97 Å². The third-order valence-corrected chi connectivity index (χ3v) is 4.26. The first-order chi connectivity index (χ1) is 9.29. The fraction of sp³-hybridized carbons (Fsp3) is 0.533. The second kappa shape index (κ2) is 5.72. The van der Waals surface area contributed by atoms with E-state index in [1.807, 2.05) is 0 Å². The fourth-order valence-electron chi connectivity index (χ4n) is 2.31. The Kier molecular flexibility index (Phi) is 4.37. The van der Waals surface area contributed by atoms with Crippen molar-refractivity contribution in [3.05, 3.63) is 28.0 Å². The first kappa shape index (κ1) is 15.3. The number of carboxylic acids is 1. The summed E-state index contributed by atoms with van der Waals surface area (Å²) in [6.07, 6.45) is 3.18. The molecule has 1 aromatic rings. The Morgan fingerprint density at radius 2 is 2.15 bits per heavy atom. The lowest BCUT2D eigenvalue weighted by Crippen LogP contribution is -2.28. The average Bonchev–Trinajstić information content (AvgIpc) is 2.22. The minimum absolute atomic E-state index is 0.0794. The van der Waals surface area contributed by atoms with Crippen molar-refractivity contribution in [2.45, 2.75) is 51.0 Å². The normalized spacial score (nSPS) is 15.8. The number of ether oxygens (including phenoxy) is 1. The van der Waals surface area contributed by atoms with Gasteiger partial charge in [0.25, 0.3) is 0 Å². The first-order valence-electron chi connectivity index (χ1n) is 6.67. The monoisotopic (exact) mass is 344 g/mol. The van der Waals surface area contributed by atoms with Gasteiger partial charge in [-0.3, -0.25) is 4.79 Å². The van der Waals surface area contributed by atoms with Gasteiger partial charge in [0.05, 0.1) is 17.0 Å². The lowest BCUT2D eigenvalue weighted by molar-refractivity contribution is -0.138. The summed E-state index contributed by atoms with van der Waals surface area (Å²) in [6, 6.07) is 2.73. The summed E-state index contributed by atoms with van der Waals surface area (Å²) in [5, 5.41) is 9.03. The predicted octanol–water partition coefficient (Wildman–Crippen LogP) is 4.27. The van der Waals surface area contributed by atoms with E-state index in [1.54, 1.807) is 13.8 Å². The maximum Gasteiger partial charge on any atom is 0.304 e. The highest BCUT2D eigenvalue weighted by Gasteiger charge is 2.31. The molecule has 0 aromatic heterocycles. The second-order valence-electron chi connectivity index (χ2n) is 5.89. The molecule has 0 aliphatic heterocycles. The number of rotatable bonds is 5. The van der Waals surface area contributed by atoms with Crippen LogP contribution in [0.2, 0.25) is 0 Å². The molecule has 0 spiro atoms. The zero-order chi connectivity index (χ0) is 14.9. The Hall–Kier alpha value is -1.10. The van der Waals surface area contributed by atoms with Gasteiger partial charge in [-0.2, -0.15) is 0 Å². The van der Waals surface area contributed by atoms with E-state index in [0.717, 1.165) is 19.3 Å². The van der Waals surface area contributed by atoms with Crippen LogP contribution >= 0.6 is 15.9 Å². The van der Waals surface area contributed by atoms with Gasteiger partial charge in [0.2, 0.25) is 0 Å². The first-order valence-corrected chi connectivity index (χ1v) is 7.47. The SMILES string of the molecule is CC(C)(CC(=O)O)c1cc(F)cc(Br)c1OC1CCC1. The molecule has 3 nitrogen and oxygen atoms in total. The molecular formula is C15H18BrFO3. The lowest BCUT2D eigenvalue weighted by Gasteiger charge is -2.32. The van der Waals surface area contributed by atoms with Crippen molar-refractivity contribution in [2.75, 3.05) is 0 Å². The molecule has 1 fully saturated rings. The van der Waals surface area contributed by atoms with Crippen LogP contribution in [0.15, 0.2) is 16.6 Å². The Labute approximate surface area is 126 Å². The van der Waals surface area contributed by atoms with Crippen molar-refractivity contribution in [2.24, 2.45) is 0 Å². The van der Waals surface area contributed by atoms with E-state index < -0.39 is 17.2 Å². The zero-order valence-corrected chi connectivity index (χ0v) is 13.2. The van der Waals surface area contributed by atoms with Gasteiger partial charge in [0.15, 0.2) is 0 Å². The second-order valence-corrected chi connectivity index (χ2v) is 6.74. The number of hydrogen-bond acceptors (Lipinski definition) is 2. The molecule has 0 saturated heterocycles. The molecular weight excluding hydrogens is 327 g/mol. The Bertz CT molecular complexity index is 524. The van der Waals surface area contributed by atoms with Crippen LogP contribution < -0.4 is 4.74 Å². The third kappa shape index (κ3) is 3.32. The molecule has 20 heavy (non-hydrogen) atoms. The van der Waals surface area contributed by atoms with E-state index in [-0.39, 0.29) is 12.5 Å². The van der Waals surface area contributed by atoms with Crippen LogP contribution in [0, 0.1) is 5.82 Å². The topological polar surface area (TPSA) is 46.5 Å². The molecule has 1 aliphatic carbocycles. The molecule has 0 radical (unpaired) electrons. The van der Waals surface area contributed by atoms with Crippen LogP contribution in [0.3, 0.4) is 0 Å². The Balaban J connectivity index is 2.40. The number of carboxylic acid groups (broad SMARTS) is 1. The highest BCUT2D eigenvalue weighted by molar-refractivity contribution is 9.10. The van der Waals surface area contributed by atoms with Gasteiger partial charge in [-0.05, 0) is 47.3 Å². The molecule has 2 rings (SSSR count). The van der Waals surface area contributed by atoms with E-state index in [0.29, 0.717) is 15.8 Å². The van der Waals surface area contributed by atoms with Crippen molar-refractivity contribution in [3.63, 3.8) is 0 Å². The zero-order valence-electron chi connectivity index (χ0n) is 11.6. The van der Waals surface area contributed by atoms with Crippen molar-refractivity contribution in [1.29, 1.82) is 0 Å². The van der Waals surface area contributed by atoms with Crippen molar-refractivity contribution < 1.29 is 19.0 Å². The predicted molar refractivity (Wildman–Crippen MR) is 77.6 cm³/mol. The molecule has 1 saturated carbocycles. The highest BCUT2D eigenvalue weighted by Crippen LogP contribution is 2.41. The van der Waals surface area contributed by atoms with Crippen LogP contribution in [-0.2, 0) is 10.2 Å². The molecule has 0 bridgehead atoms. The molecule has 0 amide bonds. The number of hydrogen-bond donors (Lipinski definition) is 1. The summed E-state index contributed by atoms with van der Waals surface area (Å²) in [6.45, 7) is 3.58. The molecule has 0 unspecified atom stereocenters. The molecule has 1 aromatic carbocycles. The van der Waals surface area contributed by atoms with Crippen LogP contribution in [0.5, 0.6) is 5.75 Å². The summed E-state index contributed by atoms with van der Waals surface area (Å²) in [4.78, 5) is 11.0. The lowest BCUT2D eigenvalue weighted by atomic mass is 9.81. The maximum atomic E-state index is 13.7. The van der Waals surface area contributed by atoms with Crippen molar-refractivity contribution in [1.82, 2.24) is 0 Å². The quantitative estimate of drug-likeness (QED) is 0.867. The smallest absolute Gasteiger partial charge is 0.304 e. The van der Waals surface area contributed by atoms with E-state index in [9.17, 15) is 9.18 Å². The summed E-state index contributed by atoms with van der Waals surface area (Å²) >= 11 is 3.33. The number of halogens is 2. The van der Waals surface area contributed by atoms with E-state index in [1.165, 1.54) is 12.1 Å². The average molecular weight is 345 g/mol. The summed E-state index contributed by atoms with van der Waals surface area (Å²) in [5.74, 6) is -0.737. The number of benzene rings is 1. The molecule has 0 heterocycles. The fourth-order valence-corrected chi connectivity index (χ4v) is 2.84. The van der Waals surface area contributed by atoms with E-state index in [2.05, 4.69) is 15.9 Å². The van der Waals surface area contributed by atoms with Crippen molar-refractivity contribution in [3.8, 4) is 5.75 Å². The van der Waals surface area contributed by atoms with Crippen molar-refractivity contribution >= 4 is 21.9 Å². The molecule has 1 aliphatic rings. The maximum absolute atomic E-state index is 13.7. The van der Waals surface area contributed by atoms with Crippen LogP contribution in [0.1, 0.15) is 45.1 Å². The van der Waals surface area contributed by atoms with Gasteiger partial charge in [-0.1, -0.05) is 13.8 Å². The number of aliphatic carboxylic acids is 1.